The third-order valence-corrected chi connectivity index (χ3v) is 2.71. The van der Waals surface area contributed by atoms with E-state index in [4.69, 9.17) is 5.26 Å². The SMILES string of the molecule is CC(C)=CC(=O)C(C#N)C(=O)N(CC(F)(F)F)C1CC1. The number of alkyl halides is 3. The monoisotopic (exact) mass is 288 g/mol. The molecule has 1 fully saturated rings. The number of hydrogen-bond acceptors (Lipinski definition) is 3. The smallest absolute Gasteiger partial charge is 0.329 e. The van der Waals surface area contributed by atoms with Crippen LogP contribution in [0, 0.1) is 17.2 Å². The van der Waals surface area contributed by atoms with Gasteiger partial charge in [-0.1, -0.05) is 5.57 Å². The lowest BCUT2D eigenvalue weighted by Gasteiger charge is -2.25. The Kier molecular flexibility index (Phi) is 4.93. The van der Waals surface area contributed by atoms with Crippen molar-refractivity contribution in [2.75, 3.05) is 6.54 Å². The van der Waals surface area contributed by atoms with Gasteiger partial charge in [0.2, 0.25) is 5.91 Å². The highest BCUT2D eigenvalue weighted by Gasteiger charge is 2.43. The fourth-order valence-electron chi connectivity index (χ4n) is 1.74. The lowest BCUT2D eigenvalue weighted by atomic mass is 10.0. The first-order valence-corrected chi connectivity index (χ1v) is 6.11. The van der Waals surface area contributed by atoms with Crippen LogP contribution in [0.3, 0.4) is 0 Å². The molecule has 4 nitrogen and oxygen atoms in total. The molecule has 0 aromatic heterocycles. The van der Waals surface area contributed by atoms with Gasteiger partial charge in [0.15, 0.2) is 11.7 Å². The van der Waals surface area contributed by atoms with Crippen molar-refractivity contribution in [3.8, 4) is 6.07 Å². The Morgan fingerprint density at radius 2 is 1.95 bits per heavy atom. The fourth-order valence-corrected chi connectivity index (χ4v) is 1.74. The summed E-state index contributed by atoms with van der Waals surface area (Å²) in [5, 5.41) is 8.90. The van der Waals surface area contributed by atoms with E-state index in [0.717, 1.165) is 6.08 Å². The summed E-state index contributed by atoms with van der Waals surface area (Å²) in [6, 6.07) is 0.989. The molecule has 1 aliphatic rings. The van der Waals surface area contributed by atoms with E-state index in [1.807, 2.05) is 0 Å². The number of nitrogens with zero attached hydrogens (tertiary/aromatic N) is 2. The molecule has 1 atom stereocenters. The largest absolute Gasteiger partial charge is 0.406 e. The highest BCUT2D eigenvalue weighted by Crippen LogP contribution is 2.31. The first-order chi connectivity index (χ1) is 9.15. The van der Waals surface area contributed by atoms with Crippen LogP contribution in [-0.4, -0.2) is 35.4 Å². The Morgan fingerprint density at radius 1 is 1.40 bits per heavy atom. The number of carbonyl (C=O) groups is 2. The molecule has 110 valence electrons. The number of ketones is 1. The second kappa shape index (κ2) is 6.07. The van der Waals surface area contributed by atoms with E-state index in [1.54, 1.807) is 13.8 Å². The van der Waals surface area contributed by atoms with Crippen LogP contribution in [0.25, 0.3) is 0 Å². The van der Waals surface area contributed by atoms with Gasteiger partial charge in [0.25, 0.3) is 0 Å². The molecule has 0 radical (unpaired) electrons. The summed E-state index contributed by atoms with van der Waals surface area (Å²) in [7, 11) is 0. The molecule has 1 rings (SSSR count). The van der Waals surface area contributed by atoms with Crippen LogP contribution >= 0.6 is 0 Å². The van der Waals surface area contributed by atoms with Crippen molar-refractivity contribution in [3.63, 3.8) is 0 Å². The Labute approximate surface area is 114 Å². The molecule has 0 spiro atoms. The first-order valence-electron chi connectivity index (χ1n) is 6.11. The lowest BCUT2D eigenvalue weighted by molar-refractivity contribution is -0.164. The highest BCUT2D eigenvalue weighted by molar-refractivity contribution is 6.09. The molecule has 1 unspecified atom stereocenters. The van der Waals surface area contributed by atoms with Gasteiger partial charge in [0.05, 0.1) is 6.07 Å². The predicted molar refractivity (Wildman–Crippen MR) is 64.3 cm³/mol. The van der Waals surface area contributed by atoms with Crippen molar-refractivity contribution < 1.29 is 22.8 Å². The van der Waals surface area contributed by atoms with Crippen molar-refractivity contribution >= 4 is 11.7 Å². The zero-order chi connectivity index (χ0) is 15.5. The highest BCUT2D eigenvalue weighted by atomic mass is 19.4. The molecule has 0 saturated heterocycles. The Bertz CT molecular complexity index is 469. The number of amides is 1. The van der Waals surface area contributed by atoms with Gasteiger partial charge >= 0.3 is 6.18 Å². The Hall–Kier alpha value is -1.84. The van der Waals surface area contributed by atoms with Crippen molar-refractivity contribution in [1.82, 2.24) is 4.90 Å². The maximum absolute atomic E-state index is 12.5. The average molecular weight is 288 g/mol. The van der Waals surface area contributed by atoms with Crippen molar-refractivity contribution in [2.45, 2.75) is 38.9 Å². The Morgan fingerprint density at radius 3 is 2.30 bits per heavy atom. The molecule has 0 aromatic carbocycles. The van der Waals surface area contributed by atoms with Gasteiger partial charge in [-0.05, 0) is 32.8 Å². The standard InChI is InChI=1S/C13H15F3N2O2/c1-8(2)5-11(19)10(6-17)12(20)18(9-3-4-9)7-13(14,15)16/h5,9-10H,3-4,7H2,1-2H3. The number of allylic oxidation sites excluding steroid dienone is 2. The third-order valence-electron chi connectivity index (χ3n) is 2.71. The van der Waals surface area contributed by atoms with E-state index in [9.17, 15) is 22.8 Å². The maximum atomic E-state index is 12.5. The lowest BCUT2D eigenvalue weighted by Crippen LogP contribution is -2.45. The normalized spacial score (nSPS) is 16.0. The number of carbonyl (C=O) groups excluding carboxylic acids is 2. The molecule has 0 aliphatic heterocycles. The Balaban J connectivity index is 2.90. The maximum Gasteiger partial charge on any atom is 0.406 e. The third kappa shape index (κ3) is 4.68. The van der Waals surface area contributed by atoms with Gasteiger partial charge in [-0.2, -0.15) is 18.4 Å². The molecule has 0 heterocycles. The summed E-state index contributed by atoms with van der Waals surface area (Å²) >= 11 is 0. The van der Waals surface area contributed by atoms with Crippen LogP contribution in [0.4, 0.5) is 13.2 Å². The average Bonchev–Trinajstić information content (AvgIpc) is 3.08. The van der Waals surface area contributed by atoms with E-state index in [0.29, 0.717) is 23.3 Å². The van der Waals surface area contributed by atoms with Gasteiger partial charge < -0.3 is 4.90 Å². The summed E-state index contributed by atoms with van der Waals surface area (Å²) in [6.07, 6.45) is -2.50. The fraction of sp³-hybridized carbons (Fsp3) is 0.615. The molecule has 1 aliphatic carbocycles. The van der Waals surface area contributed by atoms with Gasteiger partial charge in [-0.15, -0.1) is 0 Å². The number of nitriles is 1. The van der Waals surface area contributed by atoms with Gasteiger partial charge in [-0.3, -0.25) is 9.59 Å². The van der Waals surface area contributed by atoms with Crippen LogP contribution in [0.5, 0.6) is 0 Å². The van der Waals surface area contributed by atoms with E-state index in [2.05, 4.69) is 0 Å². The van der Waals surface area contributed by atoms with Gasteiger partial charge in [-0.25, -0.2) is 0 Å². The molecule has 0 bridgehead atoms. The molecule has 1 amide bonds. The zero-order valence-corrected chi connectivity index (χ0v) is 11.2. The minimum atomic E-state index is -4.54. The quantitative estimate of drug-likeness (QED) is 0.575. The predicted octanol–water partition coefficient (Wildman–Crippen LogP) is 2.21. The number of halogens is 3. The summed E-state index contributed by atoms with van der Waals surface area (Å²) in [4.78, 5) is 24.3. The molecule has 1 saturated carbocycles. The van der Waals surface area contributed by atoms with Crippen molar-refractivity contribution in [3.05, 3.63) is 11.6 Å². The second-order valence-corrected chi connectivity index (χ2v) is 5.00. The molecular formula is C13H15F3N2O2. The molecule has 20 heavy (non-hydrogen) atoms. The van der Waals surface area contributed by atoms with Crippen LogP contribution in [0.15, 0.2) is 11.6 Å². The minimum absolute atomic E-state index is 0.469. The van der Waals surface area contributed by atoms with Crippen molar-refractivity contribution in [2.24, 2.45) is 5.92 Å². The zero-order valence-electron chi connectivity index (χ0n) is 11.2. The van der Waals surface area contributed by atoms with Crippen LogP contribution in [-0.2, 0) is 9.59 Å². The summed E-state index contributed by atoms with van der Waals surface area (Å²) < 4.78 is 37.4. The summed E-state index contributed by atoms with van der Waals surface area (Å²) in [5.41, 5.74) is 0.580. The van der Waals surface area contributed by atoms with E-state index in [1.165, 1.54) is 6.07 Å². The number of hydrogen-bond donors (Lipinski definition) is 0. The van der Waals surface area contributed by atoms with E-state index < -0.39 is 36.4 Å². The topological polar surface area (TPSA) is 61.2 Å². The second-order valence-electron chi connectivity index (χ2n) is 5.00. The van der Waals surface area contributed by atoms with E-state index in [-0.39, 0.29) is 0 Å². The molecule has 0 aromatic rings. The van der Waals surface area contributed by atoms with Crippen LogP contribution in [0.1, 0.15) is 26.7 Å². The molecular weight excluding hydrogens is 273 g/mol. The number of rotatable bonds is 5. The van der Waals surface area contributed by atoms with E-state index >= 15 is 0 Å². The summed E-state index contributed by atoms with van der Waals surface area (Å²) in [5.74, 6) is -3.53. The summed E-state index contributed by atoms with van der Waals surface area (Å²) in [6.45, 7) is 1.78. The molecule has 7 heteroatoms. The van der Waals surface area contributed by atoms with Gasteiger partial charge in [0.1, 0.15) is 6.54 Å². The van der Waals surface area contributed by atoms with Gasteiger partial charge in [0, 0.05) is 6.04 Å². The van der Waals surface area contributed by atoms with Crippen LogP contribution < -0.4 is 0 Å². The minimum Gasteiger partial charge on any atom is -0.329 e. The van der Waals surface area contributed by atoms with Crippen LogP contribution in [0.2, 0.25) is 0 Å². The first kappa shape index (κ1) is 16.2. The van der Waals surface area contributed by atoms with Crippen molar-refractivity contribution in [1.29, 1.82) is 5.26 Å². The molecule has 0 N–H and O–H groups in total.